The van der Waals surface area contributed by atoms with Crippen molar-refractivity contribution in [1.29, 1.82) is 0 Å². The number of hydrogen-bond acceptors (Lipinski definition) is 4. The molecular weight excluding hydrogens is 361 g/mol. The minimum atomic E-state index is -1.04. The fourth-order valence-corrected chi connectivity index (χ4v) is 2.53. The number of benzene rings is 2. The lowest BCUT2D eigenvalue weighted by molar-refractivity contribution is -0.152. The number of carbonyl (C=O) groups is 2. The first kappa shape index (κ1) is 19.7. The van der Waals surface area contributed by atoms with Crippen molar-refractivity contribution in [3.05, 3.63) is 58.4 Å². The van der Waals surface area contributed by atoms with Gasteiger partial charge in [-0.25, -0.2) is 4.39 Å². The second-order valence-corrected chi connectivity index (χ2v) is 6.14. The highest BCUT2D eigenvalue weighted by atomic mass is 35.5. The average Bonchev–Trinajstić information content (AvgIpc) is 2.57. The van der Waals surface area contributed by atoms with E-state index in [4.69, 9.17) is 21.1 Å². The number of rotatable bonds is 6. The molecule has 1 atom stereocenters. The third kappa shape index (κ3) is 5.20. The largest absolute Gasteiger partial charge is 0.496 e. The lowest BCUT2D eigenvalue weighted by Crippen LogP contribution is -2.30. The molecule has 138 valence electrons. The van der Waals surface area contributed by atoms with E-state index in [2.05, 4.69) is 5.32 Å². The SMILES string of the molecule is COc1ccc(C)cc1CC(=O)O[C@H](C)C(=O)Nc1ccc(F)cc1Cl. The summed E-state index contributed by atoms with van der Waals surface area (Å²) >= 11 is 5.86. The van der Waals surface area contributed by atoms with Crippen LogP contribution in [0.2, 0.25) is 5.02 Å². The smallest absolute Gasteiger partial charge is 0.311 e. The molecule has 0 unspecified atom stereocenters. The number of methoxy groups -OCH3 is 1. The lowest BCUT2D eigenvalue weighted by Gasteiger charge is -2.15. The Morgan fingerprint density at radius 1 is 1.23 bits per heavy atom. The molecule has 2 aromatic rings. The molecule has 0 aliphatic carbocycles. The highest BCUT2D eigenvalue weighted by Gasteiger charge is 2.20. The molecule has 0 aliphatic heterocycles. The first-order valence-corrected chi connectivity index (χ1v) is 8.27. The van der Waals surface area contributed by atoms with Crippen LogP contribution in [-0.2, 0) is 20.7 Å². The fourth-order valence-electron chi connectivity index (χ4n) is 2.32. The summed E-state index contributed by atoms with van der Waals surface area (Å²) in [5, 5.41) is 2.56. The summed E-state index contributed by atoms with van der Waals surface area (Å²) in [4.78, 5) is 24.3. The van der Waals surface area contributed by atoms with Gasteiger partial charge in [-0.3, -0.25) is 9.59 Å². The van der Waals surface area contributed by atoms with Crippen LogP contribution in [0.15, 0.2) is 36.4 Å². The van der Waals surface area contributed by atoms with Gasteiger partial charge in [0.1, 0.15) is 11.6 Å². The molecule has 0 heterocycles. The number of ether oxygens (including phenoxy) is 2. The van der Waals surface area contributed by atoms with Crippen LogP contribution in [-0.4, -0.2) is 25.1 Å². The van der Waals surface area contributed by atoms with Gasteiger partial charge in [-0.2, -0.15) is 0 Å². The van der Waals surface area contributed by atoms with Crippen molar-refractivity contribution in [2.45, 2.75) is 26.4 Å². The minimum Gasteiger partial charge on any atom is -0.496 e. The van der Waals surface area contributed by atoms with Crippen LogP contribution in [0.4, 0.5) is 10.1 Å². The number of anilines is 1. The normalized spacial score (nSPS) is 11.6. The van der Waals surface area contributed by atoms with E-state index in [1.54, 1.807) is 6.07 Å². The summed E-state index contributed by atoms with van der Waals surface area (Å²) in [6.07, 6.45) is -1.07. The summed E-state index contributed by atoms with van der Waals surface area (Å²) in [7, 11) is 1.52. The number of esters is 1. The van der Waals surface area contributed by atoms with Crippen molar-refractivity contribution >= 4 is 29.2 Å². The third-order valence-corrected chi connectivity index (χ3v) is 3.95. The van der Waals surface area contributed by atoms with E-state index < -0.39 is 23.8 Å². The van der Waals surface area contributed by atoms with Gasteiger partial charge in [-0.15, -0.1) is 0 Å². The Hall–Kier alpha value is -2.60. The van der Waals surface area contributed by atoms with Crippen LogP contribution in [0.5, 0.6) is 5.75 Å². The summed E-state index contributed by atoms with van der Waals surface area (Å²) in [5.74, 6) is -1.08. The Balaban J connectivity index is 1.98. The molecule has 0 radical (unpaired) electrons. The first-order valence-electron chi connectivity index (χ1n) is 7.89. The monoisotopic (exact) mass is 379 g/mol. The number of aryl methyl sites for hydroxylation is 1. The van der Waals surface area contributed by atoms with Gasteiger partial charge in [0.05, 0.1) is 24.2 Å². The van der Waals surface area contributed by atoms with Gasteiger partial charge in [0.25, 0.3) is 5.91 Å². The van der Waals surface area contributed by atoms with E-state index >= 15 is 0 Å². The van der Waals surface area contributed by atoms with Crippen molar-refractivity contribution in [3.8, 4) is 5.75 Å². The molecule has 0 aromatic heterocycles. The maximum Gasteiger partial charge on any atom is 0.311 e. The van der Waals surface area contributed by atoms with Crippen LogP contribution in [0.3, 0.4) is 0 Å². The number of nitrogens with one attached hydrogen (secondary N) is 1. The van der Waals surface area contributed by atoms with Gasteiger partial charge in [0.15, 0.2) is 6.10 Å². The molecular formula is C19H19ClFNO4. The van der Waals surface area contributed by atoms with Crippen LogP contribution in [0, 0.1) is 12.7 Å². The molecule has 1 N–H and O–H groups in total. The zero-order chi connectivity index (χ0) is 19.3. The van der Waals surface area contributed by atoms with Crippen molar-refractivity contribution in [2.24, 2.45) is 0 Å². The molecule has 7 heteroatoms. The fraction of sp³-hybridized carbons (Fsp3) is 0.263. The Bertz CT molecular complexity index is 825. The highest BCUT2D eigenvalue weighted by molar-refractivity contribution is 6.33. The molecule has 0 bridgehead atoms. The Kier molecular flexibility index (Phi) is 6.58. The molecule has 0 saturated carbocycles. The Morgan fingerprint density at radius 3 is 2.62 bits per heavy atom. The van der Waals surface area contributed by atoms with Gasteiger partial charge in [0, 0.05) is 5.56 Å². The molecule has 0 fully saturated rings. The van der Waals surface area contributed by atoms with Crippen LogP contribution < -0.4 is 10.1 Å². The molecule has 0 saturated heterocycles. The Labute approximate surface area is 156 Å². The summed E-state index contributed by atoms with van der Waals surface area (Å²) in [6.45, 7) is 3.34. The quantitative estimate of drug-likeness (QED) is 0.773. The third-order valence-electron chi connectivity index (χ3n) is 3.64. The molecule has 26 heavy (non-hydrogen) atoms. The van der Waals surface area contributed by atoms with Crippen molar-refractivity contribution in [1.82, 2.24) is 0 Å². The number of halogens is 2. The van der Waals surface area contributed by atoms with E-state index in [9.17, 15) is 14.0 Å². The number of carbonyl (C=O) groups excluding carboxylic acids is 2. The van der Waals surface area contributed by atoms with Gasteiger partial charge in [0.2, 0.25) is 0 Å². The molecule has 0 spiro atoms. The first-order chi connectivity index (χ1) is 12.3. The number of hydrogen-bond donors (Lipinski definition) is 1. The van der Waals surface area contributed by atoms with E-state index in [1.807, 2.05) is 19.1 Å². The van der Waals surface area contributed by atoms with Gasteiger partial charge >= 0.3 is 5.97 Å². The molecule has 1 amide bonds. The maximum absolute atomic E-state index is 13.0. The second kappa shape index (κ2) is 8.67. The predicted molar refractivity (Wildman–Crippen MR) is 97.0 cm³/mol. The molecule has 5 nitrogen and oxygen atoms in total. The number of amides is 1. The molecule has 2 aromatic carbocycles. The Morgan fingerprint density at radius 2 is 1.96 bits per heavy atom. The van der Waals surface area contributed by atoms with Crippen molar-refractivity contribution < 1.29 is 23.5 Å². The summed E-state index contributed by atoms with van der Waals surface area (Å²) < 4.78 is 23.4. The van der Waals surface area contributed by atoms with Crippen LogP contribution in [0.1, 0.15) is 18.1 Å². The second-order valence-electron chi connectivity index (χ2n) is 5.74. The van der Waals surface area contributed by atoms with E-state index in [0.29, 0.717) is 11.3 Å². The standard InChI is InChI=1S/C19H19ClFNO4/c1-11-4-7-17(25-3)13(8-11)9-18(23)26-12(2)19(24)22-16-6-5-14(21)10-15(16)20/h4-8,10,12H,9H2,1-3H3,(H,22,24)/t12-/m1/s1. The van der Waals surface area contributed by atoms with Gasteiger partial charge in [-0.1, -0.05) is 29.3 Å². The summed E-state index contributed by atoms with van der Waals surface area (Å²) in [6, 6.07) is 9.05. The van der Waals surface area contributed by atoms with Gasteiger partial charge in [-0.05, 0) is 38.1 Å². The van der Waals surface area contributed by atoms with Crippen molar-refractivity contribution in [3.63, 3.8) is 0 Å². The van der Waals surface area contributed by atoms with E-state index in [1.165, 1.54) is 26.2 Å². The zero-order valence-corrected chi connectivity index (χ0v) is 15.4. The van der Waals surface area contributed by atoms with Crippen molar-refractivity contribution in [2.75, 3.05) is 12.4 Å². The lowest BCUT2D eigenvalue weighted by atomic mass is 10.1. The summed E-state index contributed by atoms with van der Waals surface area (Å²) in [5.41, 5.74) is 1.89. The minimum absolute atomic E-state index is 0.0280. The maximum atomic E-state index is 13.0. The van der Waals surface area contributed by atoms with Crippen LogP contribution in [0.25, 0.3) is 0 Å². The van der Waals surface area contributed by atoms with Gasteiger partial charge < -0.3 is 14.8 Å². The average molecular weight is 380 g/mol. The zero-order valence-electron chi connectivity index (χ0n) is 14.6. The molecule has 2 rings (SSSR count). The topological polar surface area (TPSA) is 64.6 Å². The predicted octanol–water partition coefficient (Wildman–Crippen LogP) is 3.91. The molecule has 0 aliphatic rings. The van der Waals surface area contributed by atoms with Crippen LogP contribution >= 0.6 is 11.6 Å². The van der Waals surface area contributed by atoms with E-state index in [-0.39, 0.29) is 17.1 Å². The highest BCUT2D eigenvalue weighted by Crippen LogP contribution is 2.23. The van der Waals surface area contributed by atoms with E-state index in [0.717, 1.165) is 11.6 Å².